The minimum Gasteiger partial charge on any atom is -0.478 e. The van der Waals surface area contributed by atoms with Gasteiger partial charge in [-0.2, -0.15) is 0 Å². The van der Waals surface area contributed by atoms with E-state index in [1.165, 1.54) is 18.2 Å². The first kappa shape index (κ1) is 14.1. The number of pyridine rings is 1. The van der Waals surface area contributed by atoms with Crippen molar-refractivity contribution in [2.45, 2.75) is 19.8 Å². The smallest absolute Gasteiger partial charge is 0.337 e. The van der Waals surface area contributed by atoms with E-state index in [4.69, 9.17) is 5.11 Å². The normalized spacial score (nSPS) is 10.6. The number of aromatic nitrogens is 1. The van der Waals surface area contributed by atoms with E-state index in [0.717, 1.165) is 18.6 Å². The van der Waals surface area contributed by atoms with Crippen LogP contribution in [0.4, 0.5) is 8.78 Å². The number of benzene rings is 1. The van der Waals surface area contributed by atoms with Crippen LogP contribution < -0.4 is 0 Å². The molecule has 0 aliphatic heterocycles. The molecule has 0 unspecified atom stereocenters. The molecule has 0 spiro atoms. The van der Waals surface area contributed by atoms with Gasteiger partial charge < -0.3 is 5.11 Å². The Balaban J connectivity index is 2.49. The van der Waals surface area contributed by atoms with Crippen molar-refractivity contribution in [3.8, 4) is 11.3 Å². The third-order valence-electron chi connectivity index (χ3n) is 2.91. The zero-order valence-corrected chi connectivity index (χ0v) is 10.9. The first-order valence-corrected chi connectivity index (χ1v) is 6.21. The molecule has 1 aromatic carbocycles. The predicted octanol–water partition coefficient (Wildman–Crippen LogP) is 3.68. The van der Waals surface area contributed by atoms with Gasteiger partial charge >= 0.3 is 5.97 Å². The van der Waals surface area contributed by atoms with E-state index >= 15 is 0 Å². The van der Waals surface area contributed by atoms with Crippen LogP contribution in [0.2, 0.25) is 0 Å². The van der Waals surface area contributed by atoms with Gasteiger partial charge in [0.1, 0.15) is 0 Å². The van der Waals surface area contributed by atoms with Gasteiger partial charge in [0.15, 0.2) is 11.6 Å². The maximum Gasteiger partial charge on any atom is 0.337 e. The van der Waals surface area contributed by atoms with Crippen molar-refractivity contribution in [2.75, 3.05) is 0 Å². The molecule has 0 radical (unpaired) electrons. The summed E-state index contributed by atoms with van der Waals surface area (Å²) >= 11 is 0. The lowest BCUT2D eigenvalue weighted by Gasteiger charge is -2.08. The molecule has 0 aliphatic carbocycles. The molecule has 5 heteroatoms. The van der Waals surface area contributed by atoms with E-state index in [1.54, 1.807) is 0 Å². The lowest BCUT2D eigenvalue weighted by molar-refractivity contribution is 0.0695. The molecule has 1 heterocycles. The number of rotatable bonds is 4. The molecule has 0 saturated heterocycles. The second-order valence-corrected chi connectivity index (χ2v) is 4.37. The van der Waals surface area contributed by atoms with Crippen molar-refractivity contribution in [3.63, 3.8) is 0 Å². The molecular formula is C15H13F2NO2. The lowest BCUT2D eigenvalue weighted by Crippen LogP contribution is -2.05. The van der Waals surface area contributed by atoms with Crippen molar-refractivity contribution in [1.29, 1.82) is 0 Å². The molecule has 0 saturated carbocycles. The maximum absolute atomic E-state index is 13.2. The first-order valence-electron chi connectivity index (χ1n) is 6.21. The average molecular weight is 277 g/mol. The highest BCUT2D eigenvalue weighted by Crippen LogP contribution is 2.22. The minimum absolute atomic E-state index is 0.137. The Morgan fingerprint density at radius 2 is 1.95 bits per heavy atom. The highest BCUT2D eigenvalue weighted by molar-refractivity contribution is 5.89. The molecule has 2 rings (SSSR count). The highest BCUT2D eigenvalue weighted by Gasteiger charge is 2.13. The Kier molecular flexibility index (Phi) is 4.08. The average Bonchev–Trinajstić information content (AvgIpc) is 2.42. The highest BCUT2D eigenvalue weighted by atomic mass is 19.2. The number of hydrogen-bond acceptors (Lipinski definition) is 2. The Bertz CT molecular complexity index is 656. The van der Waals surface area contributed by atoms with E-state index < -0.39 is 17.6 Å². The summed E-state index contributed by atoms with van der Waals surface area (Å²) in [6, 6.07) is 6.42. The van der Waals surface area contributed by atoms with Crippen molar-refractivity contribution in [1.82, 2.24) is 4.98 Å². The van der Waals surface area contributed by atoms with Gasteiger partial charge in [-0.1, -0.05) is 13.3 Å². The van der Waals surface area contributed by atoms with Crippen LogP contribution in [0.1, 0.15) is 29.4 Å². The van der Waals surface area contributed by atoms with Crippen LogP contribution in [0.15, 0.2) is 30.3 Å². The summed E-state index contributed by atoms with van der Waals surface area (Å²) in [5.74, 6) is -2.92. The van der Waals surface area contributed by atoms with Gasteiger partial charge in [0.05, 0.1) is 17.0 Å². The maximum atomic E-state index is 13.2. The van der Waals surface area contributed by atoms with Crippen molar-refractivity contribution < 1.29 is 18.7 Å². The molecule has 20 heavy (non-hydrogen) atoms. The number of carbonyl (C=O) groups is 1. The second kappa shape index (κ2) is 5.77. The van der Waals surface area contributed by atoms with Crippen LogP contribution in [0.3, 0.4) is 0 Å². The van der Waals surface area contributed by atoms with Crippen LogP contribution in [0, 0.1) is 11.6 Å². The molecule has 104 valence electrons. The van der Waals surface area contributed by atoms with Gasteiger partial charge in [-0.3, -0.25) is 4.98 Å². The first-order chi connectivity index (χ1) is 9.52. The van der Waals surface area contributed by atoms with Crippen molar-refractivity contribution in [3.05, 3.63) is 53.2 Å². The third kappa shape index (κ3) is 2.82. The van der Waals surface area contributed by atoms with Gasteiger partial charge in [0.2, 0.25) is 0 Å². The van der Waals surface area contributed by atoms with Crippen molar-refractivity contribution >= 4 is 5.97 Å². The Hall–Kier alpha value is -2.30. The fourth-order valence-electron chi connectivity index (χ4n) is 1.94. The predicted molar refractivity (Wildman–Crippen MR) is 70.5 cm³/mol. The van der Waals surface area contributed by atoms with Crippen LogP contribution >= 0.6 is 0 Å². The number of aryl methyl sites for hydroxylation is 1. The molecule has 2 aromatic rings. The second-order valence-electron chi connectivity index (χ2n) is 4.37. The quantitative estimate of drug-likeness (QED) is 0.927. The molecule has 0 aliphatic rings. The number of carboxylic acids is 1. The van der Waals surface area contributed by atoms with Crippen molar-refractivity contribution in [2.24, 2.45) is 0 Å². The molecule has 0 fully saturated rings. The van der Waals surface area contributed by atoms with E-state index in [1.807, 2.05) is 6.92 Å². The van der Waals surface area contributed by atoms with Crippen LogP contribution in [-0.2, 0) is 6.42 Å². The van der Waals surface area contributed by atoms with Gasteiger partial charge in [-0.05, 0) is 36.8 Å². The Morgan fingerprint density at radius 3 is 2.55 bits per heavy atom. The third-order valence-corrected chi connectivity index (χ3v) is 2.91. The van der Waals surface area contributed by atoms with Gasteiger partial charge in [0.25, 0.3) is 0 Å². The summed E-state index contributed by atoms with van der Waals surface area (Å²) in [7, 11) is 0. The van der Waals surface area contributed by atoms with Gasteiger partial charge in [-0.25, -0.2) is 13.6 Å². The zero-order chi connectivity index (χ0) is 14.7. The summed E-state index contributed by atoms with van der Waals surface area (Å²) < 4.78 is 26.1. The Morgan fingerprint density at radius 1 is 1.20 bits per heavy atom. The minimum atomic E-state index is -1.04. The molecular weight excluding hydrogens is 264 g/mol. The summed E-state index contributed by atoms with van der Waals surface area (Å²) in [6.45, 7) is 1.91. The summed E-state index contributed by atoms with van der Waals surface area (Å²) in [4.78, 5) is 15.3. The standard InChI is InChI=1S/C15H13F2NO2/c1-2-3-14-10(15(19)20)5-7-13(18-14)9-4-6-11(16)12(17)8-9/h4-8H,2-3H2,1H3,(H,19,20). The molecule has 0 bridgehead atoms. The summed E-state index contributed by atoms with van der Waals surface area (Å²) in [5, 5.41) is 9.08. The number of halogens is 2. The molecule has 1 N–H and O–H groups in total. The largest absolute Gasteiger partial charge is 0.478 e. The molecule has 0 amide bonds. The van der Waals surface area contributed by atoms with Gasteiger partial charge in [-0.15, -0.1) is 0 Å². The van der Waals surface area contributed by atoms with E-state index in [0.29, 0.717) is 23.4 Å². The molecule has 1 aromatic heterocycles. The van der Waals surface area contributed by atoms with Crippen LogP contribution in [-0.4, -0.2) is 16.1 Å². The number of nitrogens with zero attached hydrogens (tertiary/aromatic N) is 1. The molecule has 0 atom stereocenters. The number of hydrogen-bond donors (Lipinski definition) is 1. The fourth-order valence-corrected chi connectivity index (χ4v) is 1.94. The lowest BCUT2D eigenvalue weighted by atomic mass is 10.1. The topological polar surface area (TPSA) is 50.2 Å². The monoisotopic (exact) mass is 277 g/mol. The SMILES string of the molecule is CCCc1nc(-c2ccc(F)c(F)c2)ccc1C(=O)O. The van der Waals surface area contributed by atoms with E-state index in [2.05, 4.69) is 4.98 Å². The van der Waals surface area contributed by atoms with E-state index in [9.17, 15) is 13.6 Å². The summed E-state index contributed by atoms with van der Waals surface area (Å²) in [5.41, 5.74) is 1.43. The van der Waals surface area contributed by atoms with Gasteiger partial charge in [0, 0.05) is 5.56 Å². The van der Waals surface area contributed by atoms with Crippen LogP contribution in [0.25, 0.3) is 11.3 Å². The zero-order valence-electron chi connectivity index (χ0n) is 10.9. The number of carboxylic acid groups (broad SMARTS) is 1. The van der Waals surface area contributed by atoms with E-state index in [-0.39, 0.29) is 5.56 Å². The Labute approximate surface area is 114 Å². The fraction of sp³-hybridized carbons (Fsp3) is 0.200. The molecule has 3 nitrogen and oxygen atoms in total. The van der Waals surface area contributed by atoms with Crippen LogP contribution in [0.5, 0.6) is 0 Å². The summed E-state index contributed by atoms with van der Waals surface area (Å²) in [6.07, 6.45) is 1.26. The number of aromatic carboxylic acids is 1.